The lowest BCUT2D eigenvalue weighted by Crippen LogP contribution is -2.14. The zero-order valence-electron chi connectivity index (χ0n) is 7.67. The first-order chi connectivity index (χ1) is 7.09. The smallest absolute Gasteiger partial charge is 0.264 e. The van der Waals surface area contributed by atoms with Crippen LogP contribution in [0.2, 0.25) is 0 Å². The molecule has 0 atom stereocenters. The van der Waals surface area contributed by atoms with Crippen LogP contribution in [0.25, 0.3) is 11.6 Å². The number of hydrogen-bond donors (Lipinski definition) is 1. The molecule has 1 N–H and O–H groups in total. The van der Waals surface area contributed by atoms with E-state index in [2.05, 4.69) is 25.9 Å². The van der Waals surface area contributed by atoms with Gasteiger partial charge < -0.3 is 9.40 Å². The van der Waals surface area contributed by atoms with Crippen molar-refractivity contribution < 1.29 is 4.42 Å². The van der Waals surface area contributed by atoms with E-state index in [4.69, 9.17) is 4.42 Å². The molecule has 0 saturated heterocycles. The third-order valence-electron chi connectivity index (χ3n) is 1.86. The molecule has 0 aliphatic carbocycles. The minimum Gasteiger partial charge on any atom is -0.460 e. The lowest BCUT2D eigenvalue weighted by molar-refractivity contribution is 0.575. The van der Waals surface area contributed by atoms with Crippen molar-refractivity contribution >= 4 is 38.5 Å². The maximum Gasteiger partial charge on any atom is 0.264 e. The monoisotopic (exact) mass is 380 g/mol. The average molecular weight is 381 g/mol. The Morgan fingerprint density at radius 1 is 1.60 bits per heavy atom. The second-order valence-corrected chi connectivity index (χ2v) is 4.84. The highest BCUT2D eigenvalue weighted by Gasteiger charge is 2.12. The standard InChI is InChI=1S/C9H6BrIN2O2/c1-4-6(11)9(14)13-8(12-4)7-5(10)2-3-15-7/h2-3H,1H3,(H,12,13,14). The van der Waals surface area contributed by atoms with Gasteiger partial charge in [-0.25, -0.2) is 4.98 Å². The Morgan fingerprint density at radius 2 is 2.33 bits per heavy atom. The SMILES string of the molecule is Cc1nc(-c2occc2Br)[nH]c(=O)c1I. The van der Waals surface area contributed by atoms with Crippen LogP contribution in [-0.4, -0.2) is 9.97 Å². The molecule has 2 aromatic heterocycles. The highest BCUT2D eigenvalue weighted by atomic mass is 127. The molecule has 0 fully saturated rings. The van der Waals surface area contributed by atoms with E-state index < -0.39 is 0 Å². The van der Waals surface area contributed by atoms with Crippen LogP contribution in [0.4, 0.5) is 0 Å². The summed E-state index contributed by atoms with van der Waals surface area (Å²) >= 11 is 5.28. The van der Waals surface area contributed by atoms with Crippen LogP contribution in [0.3, 0.4) is 0 Å². The van der Waals surface area contributed by atoms with E-state index >= 15 is 0 Å². The Bertz CT molecular complexity index is 561. The molecule has 0 bridgehead atoms. The van der Waals surface area contributed by atoms with E-state index in [1.165, 1.54) is 6.26 Å². The topological polar surface area (TPSA) is 58.9 Å². The van der Waals surface area contributed by atoms with Gasteiger partial charge in [-0.2, -0.15) is 0 Å². The van der Waals surface area contributed by atoms with E-state index in [0.717, 1.165) is 4.47 Å². The Morgan fingerprint density at radius 3 is 2.87 bits per heavy atom. The third kappa shape index (κ3) is 2.00. The van der Waals surface area contributed by atoms with Gasteiger partial charge in [0.15, 0.2) is 11.6 Å². The fourth-order valence-corrected chi connectivity index (χ4v) is 1.79. The summed E-state index contributed by atoms with van der Waals surface area (Å²) in [6.45, 7) is 1.79. The van der Waals surface area contributed by atoms with E-state index in [-0.39, 0.29) is 5.56 Å². The maximum atomic E-state index is 11.5. The molecular weight excluding hydrogens is 375 g/mol. The van der Waals surface area contributed by atoms with Gasteiger partial charge in [-0.3, -0.25) is 4.79 Å². The minimum absolute atomic E-state index is 0.151. The predicted octanol–water partition coefficient (Wildman–Crippen LogP) is 2.71. The molecule has 4 nitrogen and oxygen atoms in total. The van der Waals surface area contributed by atoms with Crippen molar-refractivity contribution in [1.29, 1.82) is 0 Å². The molecule has 0 aromatic carbocycles. The third-order valence-corrected chi connectivity index (χ3v) is 3.76. The molecule has 0 spiro atoms. The number of aryl methyl sites for hydroxylation is 1. The van der Waals surface area contributed by atoms with Crippen LogP contribution >= 0.6 is 38.5 Å². The Labute approximate surface area is 107 Å². The van der Waals surface area contributed by atoms with E-state index in [0.29, 0.717) is 20.8 Å². The van der Waals surface area contributed by atoms with Gasteiger partial charge in [0.05, 0.1) is 20.0 Å². The molecular formula is C9H6BrIN2O2. The molecule has 0 amide bonds. The molecule has 15 heavy (non-hydrogen) atoms. The number of furan rings is 1. The van der Waals surface area contributed by atoms with Crippen LogP contribution < -0.4 is 5.56 Å². The summed E-state index contributed by atoms with van der Waals surface area (Å²) in [7, 11) is 0. The zero-order valence-corrected chi connectivity index (χ0v) is 11.4. The van der Waals surface area contributed by atoms with Crippen LogP contribution in [0.1, 0.15) is 5.69 Å². The molecule has 0 radical (unpaired) electrons. The second kappa shape index (κ2) is 4.09. The number of H-pyrrole nitrogens is 1. The number of halogens is 2. The van der Waals surface area contributed by atoms with Gasteiger partial charge in [0.25, 0.3) is 5.56 Å². The summed E-state index contributed by atoms with van der Waals surface area (Å²) in [5.41, 5.74) is 0.541. The lowest BCUT2D eigenvalue weighted by Gasteiger charge is -2.00. The van der Waals surface area contributed by atoms with Crippen molar-refractivity contribution in [1.82, 2.24) is 9.97 Å². The number of rotatable bonds is 1. The first-order valence-corrected chi connectivity index (χ1v) is 5.96. The fourth-order valence-electron chi connectivity index (χ4n) is 1.14. The molecule has 2 rings (SSSR count). The maximum absolute atomic E-state index is 11.5. The van der Waals surface area contributed by atoms with Crippen LogP contribution in [0.15, 0.2) is 26.0 Å². The summed E-state index contributed by atoms with van der Waals surface area (Å²) in [5.74, 6) is 0.974. The molecule has 78 valence electrons. The molecule has 0 aliphatic heterocycles. The number of nitrogens with zero attached hydrogens (tertiary/aromatic N) is 1. The summed E-state index contributed by atoms with van der Waals surface area (Å²) in [4.78, 5) is 18.4. The lowest BCUT2D eigenvalue weighted by atomic mass is 10.4. The number of nitrogens with one attached hydrogen (secondary N) is 1. The predicted molar refractivity (Wildman–Crippen MR) is 67.7 cm³/mol. The fraction of sp³-hybridized carbons (Fsp3) is 0.111. The average Bonchev–Trinajstić information content (AvgIpc) is 2.60. The van der Waals surface area contributed by atoms with Crippen LogP contribution in [0.5, 0.6) is 0 Å². The number of aromatic nitrogens is 2. The van der Waals surface area contributed by atoms with Gasteiger partial charge in [-0.1, -0.05) is 0 Å². The normalized spacial score (nSPS) is 10.6. The number of hydrogen-bond acceptors (Lipinski definition) is 3. The largest absolute Gasteiger partial charge is 0.460 e. The molecule has 2 aromatic rings. The van der Waals surface area contributed by atoms with Gasteiger partial charge in [-0.05, 0) is 51.5 Å². The summed E-state index contributed by atoms with van der Waals surface area (Å²) in [6.07, 6.45) is 1.53. The first kappa shape index (κ1) is 10.9. The Kier molecular flexibility index (Phi) is 2.96. The summed E-state index contributed by atoms with van der Waals surface area (Å²) in [5, 5.41) is 0. The molecule has 0 saturated carbocycles. The van der Waals surface area contributed by atoms with Gasteiger partial charge in [0.2, 0.25) is 0 Å². The molecule has 0 unspecified atom stereocenters. The second-order valence-electron chi connectivity index (χ2n) is 2.91. The van der Waals surface area contributed by atoms with Crippen molar-refractivity contribution in [2.24, 2.45) is 0 Å². The Balaban J connectivity index is 2.66. The van der Waals surface area contributed by atoms with Crippen molar-refractivity contribution in [3.8, 4) is 11.6 Å². The van der Waals surface area contributed by atoms with Crippen LogP contribution in [0, 0.1) is 10.5 Å². The summed E-state index contributed by atoms with van der Waals surface area (Å²) in [6, 6.07) is 1.75. The minimum atomic E-state index is -0.151. The van der Waals surface area contributed by atoms with Gasteiger partial charge in [0, 0.05) is 0 Å². The van der Waals surface area contributed by atoms with Crippen molar-refractivity contribution in [2.45, 2.75) is 6.92 Å². The quantitative estimate of drug-likeness (QED) is 0.774. The van der Waals surface area contributed by atoms with Gasteiger partial charge in [0.1, 0.15) is 0 Å². The first-order valence-electron chi connectivity index (χ1n) is 4.09. The van der Waals surface area contributed by atoms with E-state index in [1.54, 1.807) is 13.0 Å². The number of aromatic amines is 1. The Hall–Kier alpha value is -0.630. The van der Waals surface area contributed by atoms with Gasteiger partial charge >= 0.3 is 0 Å². The van der Waals surface area contributed by atoms with Crippen molar-refractivity contribution in [2.75, 3.05) is 0 Å². The molecule has 6 heteroatoms. The highest BCUT2D eigenvalue weighted by Crippen LogP contribution is 2.26. The van der Waals surface area contributed by atoms with Crippen LogP contribution in [-0.2, 0) is 0 Å². The van der Waals surface area contributed by atoms with Crippen molar-refractivity contribution in [3.05, 3.63) is 36.4 Å². The zero-order chi connectivity index (χ0) is 11.0. The van der Waals surface area contributed by atoms with Crippen molar-refractivity contribution in [3.63, 3.8) is 0 Å². The highest BCUT2D eigenvalue weighted by molar-refractivity contribution is 14.1. The molecule has 2 heterocycles. The molecule has 0 aliphatic rings. The summed E-state index contributed by atoms with van der Waals surface area (Å²) < 4.78 is 6.58. The van der Waals surface area contributed by atoms with Gasteiger partial charge in [-0.15, -0.1) is 0 Å². The van der Waals surface area contributed by atoms with E-state index in [1.807, 2.05) is 22.6 Å². The van der Waals surface area contributed by atoms with E-state index in [9.17, 15) is 4.79 Å².